The maximum absolute atomic E-state index is 13.1. The summed E-state index contributed by atoms with van der Waals surface area (Å²) in [5.41, 5.74) is 8.27. The van der Waals surface area contributed by atoms with Crippen LogP contribution in [0.25, 0.3) is 0 Å². The molecule has 0 aliphatic carbocycles. The Hall–Kier alpha value is -1.88. The van der Waals surface area contributed by atoms with Crippen molar-refractivity contribution in [2.75, 3.05) is 31.1 Å². The van der Waals surface area contributed by atoms with Gasteiger partial charge in [-0.15, -0.1) is 0 Å². The first-order valence-electron chi connectivity index (χ1n) is 9.23. The third kappa shape index (κ3) is 3.25. The molecule has 0 bridgehead atoms. The van der Waals surface area contributed by atoms with Crippen LogP contribution in [-0.4, -0.2) is 43.0 Å². The first-order valence-corrected chi connectivity index (χ1v) is 9.61. The van der Waals surface area contributed by atoms with Gasteiger partial charge in [-0.05, 0) is 42.6 Å². The fraction of sp³-hybridized carbons (Fsp3) is 0.381. The van der Waals surface area contributed by atoms with Crippen molar-refractivity contribution in [3.05, 3.63) is 65.2 Å². The number of hydrogen-bond donors (Lipinski definition) is 1. The van der Waals surface area contributed by atoms with Gasteiger partial charge in [0.1, 0.15) is 0 Å². The average Bonchev–Trinajstić information content (AvgIpc) is 3.26. The van der Waals surface area contributed by atoms with E-state index in [-0.39, 0.29) is 11.9 Å². The molecule has 2 fully saturated rings. The number of nitrogens with zero attached hydrogens (tertiary/aromatic N) is 2. The number of anilines is 1. The highest BCUT2D eigenvalue weighted by Gasteiger charge is 2.42. The largest absolute Gasteiger partial charge is 0.330 e. The van der Waals surface area contributed by atoms with Crippen LogP contribution in [-0.2, 0) is 4.79 Å². The second-order valence-corrected chi connectivity index (χ2v) is 7.68. The number of benzene rings is 2. The van der Waals surface area contributed by atoms with Gasteiger partial charge in [0.2, 0.25) is 5.91 Å². The summed E-state index contributed by atoms with van der Waals surface area (Å²) in [7, 11) is 0. The van der Waals surface area contributed by atoms with Crippen LogP contribution in [0.3, 0.4) is 0 Å². The maximum Gasteiger partial charge on any atom is 0.244 e. The van der Waals surface area contributed by atoms with Crippen molar-refractivity contribution in [1.29, 1.82) is 0 Å². The minimum Gasteiger partial charge on any atom is -0.330 e. The monoisotopic (exact) mass is 369 g/mol. The van der Waals surface area contributed by atoms with E-state index in [2.05, 4.69) is 29.2 Å². The van der Waals surface area contributed by atoms with Crippen LogP contribution in [0.15, 0.2) is 54.6 Å². The van der Waals surface area contributed by atoms with Gasteiger partial charge in [-0.25, -0.2) is 0 Å². The first-order chi connectivity index (χ1) is 12.7. The van der Waals surface area contributed by atoms with Crippen molar-refractivity contribution >= 4 is 23.2 Å². The second-order valence-electron chi connectivity index (χ2n) is 7.24. The van der Waals surface area contributed by atoms with Crippen molar-refractivity contribution in [3.8, 4) is 0 Å². The molecule has 0 spiro atoms. The molecule has 1 unspecified atom stereocenters. The molecule has 136 valence electrons. The van der Waals surface area contributed by atoms with E-state index in [0.717, 1.165) is 31.7 Å². The van der Waals surface area contributed by atoms with E-state index in [1.165, 1.54) is 5.56 Å². The summed E-state index contributed by atoms with van der Waals surface area (Å²) in [5, 5.41) is 0.659. The van der Waals surface area contributed by atoms with E-state index in [9.17, 15) is 4.79 Å². The third-order valence-electron chi connectivity index (χ3n) is 5.74. The predicted molar refractivity (Wildman–Crippen MR) is 106 cm³/mol. The maximum atomic E-state index is 13.1. The minimum atomic E-state index is -0.0586. The van der Waals surface area contributed by atoms with Gasteiger partial charge in [-0.2, -0.15) is 0 Å². The Morgan fingerprint density at radius 3 is 2.62 bits per heavy atom. The lowest BCUT2D eigenvalue weighted by atomic mass is 9.89. The standard InChI is InChI=1S/C21H24ClN3O/c22-17-7-4-8-18(11-17)25-10-9-20(21(25)26)24-13-16(12-23)19(14-24)15-5-2-1-3-6-15/h1-8,11,16,19-20H,9-10,12-14,23H2/t16-,19+,20?/m1/s1. The van der Waals surface area contributed by atoms with E-state index < -0.39 is 0 Å². The summed E-state index contributed by atoms with van der Waals surface area (Å²) in [6.07, 6.45) is 0.851. The van der Waals surface area contributed by atoms with Crippen LogP contribution in [0.2, 0.25) is 5.02 Å². The molecule has 3 atom stereocenters. The summed E-state index contributed by atoms with van der Waals surface area (Å²) in [6, 6.07) is 18.0. The van der Waals surface area contributed by atoms with Crippen LogP contribution >= 0.6 is 11.6 Å². The van der Waals surface area contributed by atoms with Gasteiger partial charge < -0.3 is 10.6 Å². The molecule has 2 N–H and O–H groups in total. The second kappa shape index (κ2) is 7.39. The summed E-state index contributed by atoms with van der Waals surface area (Å²) < 4.78 is 0. The lowest BCUT2D eigenvalue weighted by Gasteiger charge is -2.23. The van der Waals surface area contributed by atoms with Gasteiger partial charge >= 0.3 is 0 Å². The number of amides is 1. The van der Waals surface area contributed by atoms with Gasteiger partial charge in [0, 0.05) is 36.3 Å². The molecule has 2 heterocycles. The molecule has 0 aromatic heterocycles. The van der Waals surface area contributed by atoms with Gasteiger partial charge in [0.25, 0.3) is 0 Å². The highest BCUT2D eigenvalue weighted by Crippen LogP contribution is 2.36. The Balaban J connectivity index is 1.51. The molecule has 2 saturated heterocycles. The number of likely N-dealkylation sites (tertiary alicyclic amines) is 1. The molecule has 2 aromatic carbocycles. The first kappa shape index (κ1) is 17.5. The Morgan fingerprint density at radius 1 is 1.08 bits per heavy atom. The number of rotatable bonds is 4. The number of halogens is 1. The van der Waals surface area contributed by atoms with Crippen LogP contribution in [0.5, 0.6) is 0 Å². The van der Waals surface area contributed by atoms with E-state index in [0.29, 0.717) is 23.4 Å². The molecular weight excluding hydrogens is 346 g/mol. The lowest BCUT2D eigenvalue weighted by Crippen LogP contribution is -2.41. The van der Waals surface area contributed by atoms with Crippen LogP contribution in [0, 0.1) is 5.92 Å². The summed E-state index contributed by atoms with van der Waals surface area (Å²) in [4.78, 5) is 17.3. The average molecular weight is 370 g/mol. The summed E-state index contributed by atoms with van der Waals surface area (Å²) in [6.45, 7) is 3.17. The van der Waals surface area contributed by atoms with E-state index in [1.54, 1.807) is 0 Å². The Morgan fingerprint density at radius 2 is 1.88 bits per heavy atom. The van der Waals surface area contributed by atoms with E-state index in [4.69, 9.17) is 17.3 Å². The van der Waals surface area contributed by atoms with Crippen molar-refractivity contribution < 1.29 is 4.79 Å². The van der Waals surface area contributed by atoms with E-state index >= 15 is 0 Å². The summed E-state index contributed by atoms with van der Waals surface area (Å²) in [5.74, 6) is 0.969. The smallest absolute Gasteiger partial charge is 0.244 e. The molecular formula is C21H24ClN3O. The van der Waals surface area contributed by atoms with Crippen LogP contribution < -0.4 is 10.6 Å². The van der Waals surface area contributed by atoms with Gasteiger partial charge in [0.15, 0.2) is 0 Å². The molecule has 4 nitrogen and oxygen atoms in total. The molecule has 0 radical (unpaired) electrons. The fourth-order valence-corrected chi connectivity index (χ4v) is 4.56. The SMILES string of the molecule is NC[C@@H]1CN(C2CCN(c3cccc(Cl)c3)C2=O)C[C@H]1c1ccccc1. The number of nitrogens with two attached hydrogens (primary N) is 1. The number of carbonyl (C=O) groups is 1. The predicted octanol–water partition coefficient (Wildman–Crippen LogP) is 3.12. The third-order valence-corrected chi connectivity index (χ3v) is 5.97. The van der Waals surface area contributed by atoms with Crippen molar-refractivity contribution in [2.24, 2.45) is 11.7 Å². The fourth-order valence-electron chi connectivity index (χ4n) is 4.38. The lowest BCUT2D eigenvalue weighted by molar-refractivity contribution is -0.121. The molecule has 0 saturated carbocycles. The zero-order valence-electron chi connectivity index (χ0n) is 14.7. The zero-order valence-corrected chi connectivity index (χ0v) is 15.5. The Kier molecular flexibility index (Phi) is 4.98. The van der Waals surface area contributed by atoms with Crippen molar-refractivity contribution in [2.45, 2.75) is 18.4 Å². The van der Waals surface area contributed by atoms with Crippen LogP contribution in [0.4, 0.5) is 5.69 Å². The van der Waals surface area contributed by atoms with Gasteiger partial charge in [0.05, 0.1) is 6.04 Å². The van der Waals surface area contributed by atoms with E-state index in [1.807, 2.05) is 35.2 Å². The van der Waals surface area contributed by atoms with Gasteiger partial charge in [-0.1, -0.05) is 48.0 Å². The zero-order chi connectivity index (χ0) is 18.1. The molecule has 4 rings (SSSR count). The van der Waals surface area contributed by atoms with Crippen molar-refractivity contribution in [1.82, 2.24) is 4.90 Å². The molecule has 2 aliphatic rings. The minimum absolute atomic E-state index is 0.0586. The number of carbonyl (C=O) groups excluding carboxylic acids is 1. The normalized spacial score (nSPS) is 26.6. The van der Waals surface area contributed by atoms with Crippen molar-refractivity contribution in [3.63, 3.8) is 0 Å². The quantitative estimate of drug-likeness (QED) is 0.900. The molecule has 5 heteroatoms. The Bertz CT molecular complexity index is 782. The molecule has 2 aliphatic heterocycles. The van der Waals surface area contributed by atoms with Gasteiger partial charge in [-0.3, -0.25) is 9.69 Å². The van der Waals surface area contributed by atoms with Crippen LogP contribution in [0.1, 0.15) is 17.9 Å². The Labute approximate surface area is 159 Å². The number of hydrogen-bond acceptors (Lipinski definition) is 3. The molecule has 2 aromatic rings. The topological polar surface area (TPSA) is 49.6 Å². The molecule has 1 amide bonds. The highest BCUT2D eigenvalue weighted by molar-refractivity contribution is 6.31. The highest BCUT2D eigenvalue weighted by atomic mass is 35.5. The summed E-state index contributed by atoms with van der Waals surface area (Å²) >= 11 is 6.10. The molecule has 26 heavy (non-hydrogen) atoms.